The highest BCUT2D eigenvalue weighted by atomic mass is 14.3. The average molecular weight is 256 g/mol. The van der Waals surface area contributed by atoms with Gasteiger partial charge < -0.3 is 0 Å². The van der Waals surface area contributed by atoms with E-state index in [9.17, 15) is 0 Å². The molecular formula is C19H28. The summed E-state index contributed by atoms with van der Waals surface area (Å²) in [5.74, 6) is 0. The second-order valence-electron chi connectivity index (χ2n) is 4.58. The van der Waals surface area contributed by atoms with E-state index in [1.165, 1.54) is 11.1 Å². The van der Waals surface area contributed by atoms with E-state index in [-0.39, 0.29) is 5.41 Å². The Balaban J connectivity index is 5.89. The van der Waals surface area contributed by atoms with Gasteiger partial charge in [-0.2, -0.15) is 0 Å². The van der Waals surface area contributed by atoms with Crippen LogP contribution in [0, 0.1) is 5.41 Å². The Hall–Kier alpha value is -1.56. The van der Waals surface area contributed by atoms with Gasteiger partial charge in [0.25, 0.3) is 0 Å². The molecule has 0 rings (SSSR count). The van der Waals surface area contributed by atoms with Gasteiger partial charge in [-0.1, -0.05) is 67.2 Å². The summed E-state index contributed by atoms with van der Waals surface area (Å²) in [5.41, 5.74) is 2.27. The van der Waals surface area contributed by atoms with Gasteiger partial charge in [-0.05, 0) is 39.7 Å². The first kappa shape index (κ1) is 17.4. The summed E-state index contributed by atoms with van der Waals surface area (Å²) in [6.45, 7) is 14.5. The molecule has 0 aliphatic rings. The van der Waals surface area contributed by atoms with Crippen LogP contribution >= 0.6 is 0 Å². The zero-order chi connectivity index (χ0) is 14.7. The van der Waals surface area contributed by atoms with E-state index >= 15 is 0 Å². The van der Waals surface area contributed by atoms with Gasteiger partial charge >= 0.3 is 0 Å². The van der Waals surface area contributed by atoms with E-state index < -0.39 is 0 Å². The highest BCUT2D eigenvalue weighted by molar-refractivity contribution is 5.43. The van der Waals surface area contributed by atoms with Gasteiger partial charge in [0.15, 0.2) is 0 Å². The standard InChI is InChI=1S/C19H28/c1-7-12-15-19(11-5,16-17(6)13-8-2)18(10-4)14-9-3/h8-16H,5,7H2,1-4,6H3. The largest absolute Gasteiger partial charge is 0.102 e. The molecule has 0 nitrogen and oxygen atoms in total. The molecule has 0 radical (unpaired) electrons. The molecule has 0 aromatic carbocycles. The van der Waals surface area contributed by atoms with Gasteiger partial charge in [0.05, 0.1) is 0 Å². The minimum Gasteiger partial charge on any atom is -0.102 e. The van der Waals surface area contributed by atoms with E-state index in [1.807, 2.05) is 19.9 Å². The van der Waals surface area contributed by atoms with Gasteiger partial charge in [-0.3, -0.25) is 0 Å². The number of hydrogen-bond donors (Lipinski definition) is 0. The SMILES string of the molecule is C=CC(C=CCC)(C=C(C)C=CC)C(C=CC)=CC. The van der Waals surface area contributed by atoms with Crippen LogP contribution in [0.1, 0.15) is 41.0 Å². The van der Waals surface area contributed by atoms with Crippen LogP contribution in [0.15, 0.2) is 72.4 Å². The molecule has 1 atom stereocenters. The molecule has 0 amide bonds. The lowest BCUT2D eigenvalue weighted by Gasteiger charge is -2.26. The number of hydrogen-bond acceptors (Lipinski definition) is 0. The van der Waals surface area contributed by atoms with Gasteiger partial charge in [-0.15, -0.1) is 6.58 Å². The van der Waals surface area contributed by atoms with E-state index in [4.69, 9.17) is 0 Å². The predicted octanol–water partition coefficient (Wildman–Crippen LogP) is 6.17. The van der Waals surface area contributed by atoms with Crippen molar-refractivity contribution in [2.75, 3.05) is 0 Å². The lowest BCUT2D eigenvalue weighted by Crippen LogP contribution is -2.14. The summed E-state index contributed by atoms with van der Waals surface area (Å²) >= 11 is 0. The van der Waals surface area contributed by atoms with Crippen molar-refractivity contribution < 1.29 is 0 Å². The second kappa shape index (κ2) is 9.38. The van der Waals surface area contributed by atoms with Gasteiger partial charge in [0.2, 0.25) is 0 Å². The van der Waals surface area contributed by atoms with Crippen LogP contribution in [-0.4, -0.2) is 0 Å². The molecule has 0 aliphatic heterocycles. The highest BCUT2D eigenvalue weighted by Gasteiger charge is 2.23. The van der Waals surface area contributed by atoms with Gasteiger partial charge in [0, 0.05) is 5.41 Å². The summed E-state index contributed by atoms with van der Waals surface area (Å²) in [5, 5.41) is 0. The Kier molecular flexibility index (Phi) is 8.61. The molecule has 0 fully saturated rings. The Labute approximate surface area is 119 Å². The molecule has 0 aromatic heterocycles. The van der Waals surface area contributed by atoms with Crippen molar-refractivity contribution in [2.24, 2.45) is 5.41 Å². The molecule has 0 aliphatic carbocycles. The lowest BCUT2D eigenvalue weighted by atomic mass is 9.77. The van der Waals surface area contributed by atoms with E-state index in [0.29, 0.717) is 0 Å². The normalized spacial score (nSPS) is 17.5. The van der Waals surface area contributed by atoms with Crippen LogP contribution in [0.4, 0.5) is 0 Å². The lowest BCUT2D eigenvalue weighted by molar-refractivity contribution is 0.765. The maximum Gasteiger partial charge on any atom is 0.0492 e. The molecule has 19 heavy (non-hydrogen) atoms. The molecular weight excluding hydrogens is 228 g/mol. The molecule has 0 heterocycles. The highest BCUT2D eigenvalue weighted by Crippen LogP contribution is 2.35. The van der Waals surface area contributed by atoms with Crippen molar-refractivity contribution in [3.8, 4) is 0 Å². The molecule has 0 saturated carbocycles. The van der Waals surface area contributed by atoms with Crippen molar-refractivity contribution in [1.29, 1.82) is 0 Å². The zero-order valence-corrected chi connectivity index (χ0v) is 13.1. The molecule has 0 heteroatoms. The number of allylic oxidation sites excluding steroid dienone is 11. The maximum absolute atomic E-state index is 4.06. The van der Waals surface area contributed by atoms with Crippen LogP contribution in [0.5, 0.6) is 0 Å². The average Bonchev–Trinajstić information content (AvgIpc) is 2.41. The van der Waals surface area contributed by atoms with E-state index in [1.54, 1.807) is 0 Å². The summed E-state index contributed by atoms with van der Waals surface area (Å²) in [6.07, 6.45) is 20.3. The molecule has 0 spiro atoms. The van der Waals surface area contributed by atoms with Crippen molar-refractivity contribution in [2.45, 2.75) is 41.0 Å². The molecule has 104 valence electrons. The van der Waals surface area contributed by atoms with Crippen LogP contribution in [0.25, 0.3) is 0 Å². The fraction of sp³-hybridized carbons (Fsp3) is 0.368. The minimum atomic E-state index is -0.221. The topological polar surface area (TPSA) is 0 Å². The third kappa shape index (κ3) is 5.30. The molecule has 0 saturated heterocycles. The molecule has 1 unspecified atom stereocenters. The fourth-order valence-electron chi connectivity index (χ4n) is 2.14. The van der Waals surface area contributed by atoms with Gasteiger partial charge in [0.1, 0.15) is 0 Å². The predicted molar refractivity (Wildman–Crippen MR) is 89.2 cm³/mol. The minimum absolute atomic E-state index is 0.221. The first-order valence-electron chi connectivity index (χ1n) is 7.03. The molecule has 0 N–H and O–H groups in total. The summed E-state index contributed by atoms with van der Waals surface area (Å²) < 4.78 is 0. The van der Waals surface area contributed by atoms with Gasteiger partial charge in [-0.25, -0.2) is 0 Å². The monoisotopic (exact) mass is 256 g/mol. The summed E-state index contributed by atoms with van der Waals surface area (Å²) in [4.78, 5) is 0. The van der Waals surface area contributed by atoms with Crippen LogP contribution in [-0.2, 0) is 0 Å². The smallest absolute Gasteiger partial charge is 0.0492 e. The number of rotatable bonds is 7. The van der Waals surface area contributed by atoms with Crippen molar-refractivity contribution in [3.05, 3.63) is 72.4 Å². The maximum atomic E-state index is 4.06. The summed E-state index contributed by atoms with van der Waals surface area (Å²) in [7, 11) is 0. The first-order chi connectivity index (χ1) is 9.10. The van der Waals surface area contributed by atoms with E-state index in [2.05, 4.69) is 76.0 Å². The Morgan fingerprint density at radius 2 is 1.74 bits per heavy atom. The third-order valence-corrected chi connectivity index (χ3v) is 3.02. The Morgan fingerprint density at radius 3 is 2.16 bits per heavy atom. The van der Waals surface area contributed by atoms with Crippen molar-refractivity contribution >= 4 is 0 Å². The van der Waals surface area contributed by atoms with Crippen LogP contribution < -0.4 is 0 Å². The fourth-order valence-corrected chi connectivity index (χ4v) is 2.14. The zero-order valence-electron chi connectivity index (χ0n) is 13.1. The van der Waals surface area contributed by atoms with E-state index in [0.717, 1.165) is 6.42 Å². The molecule has 0 bridgehead atoms. The molecule has 0 aromatic rings. The van der Waals surface area contributed by atoms with Crippen LogP contribution in [0.3, 0.4) is 0 Å². The summed E-state index contributed by atoms with van der Waals surface area (Å²) in [6, 6.07) is 0. The quantitative estimate of drug-likeness (QED) is 0.377. The Morgan fingerprint density at radius 1 is 1.11 bits per heavy atom. The van der Waals surface area contributed by atoms with Crippen molar-refractivity contribution in [1.82, 2.24) is 0 Å². The van der Waals surface area contributed by atoms with Crippen LogP contribution in [0.2, 0.25) is 0 Å². The third-order valence-electron chi connectivity index (χ3n) is 3.02. The van der Waals surface area contributed by atoms with Crippen molar-refractivity contribution in [3.63, 3.8) is 0 Å². The second-order valence-corrected chi connectivity index (χ2v) is 4.58. The Bertz CT molecular complexity index is 413. The first-order valence-corrected chi connectivity index (χ1v) is 7.03.